The number of carbonyl (C=O) groups is 5. The maximum Gasteiger partial charge on any atom is 0.410 e. The number of piperidine rings is 2. The van der Waals surface area contributed by atoms with Crippen molar-refractivity contribution in [2.24, 2.45) is 17.8 Å². The van der Waals surface area contributed by atoms with Gasteiger partial charge in [0, 0.05) is 49.5 Å². The monoisotopic (exact) mass is 1050 g/mol. The van der Waals surface area contributed by atoms with E-state index in [0.29, 0.717) is 79.6 Å². The first-order valence-corrected chi connectivity index (χ1v) is 27.5. The van der Waals surface area contributed by atoms with Gasteiger partial charge in [-0.1, -0.05) is 67.6 Å². The van der Waals surface area contributed by atoms with Gasteiger partial charge in [0.15, 0.2) is 17.1 Å². The standard InChI is InChI=1S/C60H78N8O9/c1-37(2)68-36-60(34-66(35-60)58(74)77-59(5,6)7)76-53-47(57(68)73)12-10-14-49(53)64-55(71)45-25-28-62-50(29-45)43-21-19-42(20-22-43)41-17-15-40(16-18-41)31-65(8)32-51-38(3)30-67(39(4)33-69)56(72)46-11-9-13-48(52(46)75-51)63-54(70)44-23-26-61-27-24-44/h9-22,37-39,44-45,50-51,61-62,69H,23-36H2,1-8H3,(H,63,70)(H,64,71). The molecule has 0 bridgehead atoms. The smallest absolute Gasteiger partial charge is 0.410 e. The molecule has 3 saturated heterocycles. The molecule has 4 aromatic carbocycles. The second kappa shape index (κ2) is 23.2. The molecule has 5 heterocycles. The highest BCUT2D eigenvalue weighted by Gasteiger charge is 2.53. The Hall–Kier alpha value is -6.53. The molecule has 17 heteroatoms. The molecule has 412 valence electrons. The average Bonchev–Trinajstić information content (AvgIpc) is 3.59. The molecule has 0 aromatic heterocycles. The number of nitrogens with zero attached hydrogens (tertiary/aromatic N) is 4. The van der Waals surface area contributed by atoms with Crippen molar-refractivity contribution >= 4 is 41.1 Å². The van der Waals surface area contributed by atoms with E-state index in [4.69, 9.17) is 14.2 Å². The number of hydrogen-bond donors (Lipinski definition) is 5. The molecule has 5 unspecified atom stereocenters. The number of likely N-dealkylation sites (N-methyl/N-ethyl adjacent to an activating group) is 1. The predicted molar refractivity (Wildman–Crippen MR) is 296 cm³/mol. The summed E-state index contributed by atoms with van der Waals surface area (Å²) in [6.45, 7) is 17.7. The number of aliphatic hydroxyl groups excluding tert-OH is 1. The van der Waals surface area contributed by atoms with Crippen LogP contribution >= 0.6 is 0 Å². The number of hydrogen-bond acceptors (Lipinski definition) is 12. The number of nitrogens with one attached hydrogen (secondary N) is 4. The third kappa shape index (κ3) is 12.6. The molecule has 1 spiro atoms. The largest absolute Gasteiger partial charge is 0.486 e. The average molecular weight is 1060 g/mol. The minimum atomic E-state index is -0.860. The number of carbonyl (C=O) groups excluding carboxylic acids is 5. The van der Waals surface area contributed by atoms with Crippen LogP contribution < -0.4 is 30.7 Å². The SMILES string of the molecule is CC1CN(C(C)CO)C(=O)c2cccc(NC(=O)C3CCNCC3)c2OC1CN(C)Cc1ccc(-c2ccc(C3CC(C(=O)Nc4cccc5c4OC4(CN(C(=O)OC(C)(C)C)C4)CN(C(C)C)C5=O)CCN3)cc2)cc1. The van der Waals surface area contributed by atoms with Gasteiger partial charge >= 0.3 is 6.09 Å². The second-order valence-electron chi connectivity index (χ2n) is 23.4. The van der Waals surface area contributed by atoms with E-state index < -0.39 is 23.3 Å². The molecule has 5 atom stereocenters. The highest BCUT2D eigenvalue weighted by molar-refractivity contribution is 6.03. The molecular formula is C60H78N8O9. The number of para-hydroxylation sites is 2. The molecule has 3 fully saturated rings. The van der Waals surface area contributed by atoms with Crippen LogP contribution in [0.1, 0.15) is 112 Å². The Morgan fingerprint density at radius 3 is 2.00 bits per heavy atom. The van der Waals surface area contributed by atoms with E-state index in [1.807, 2.05) is 41.5 Å². The Labute approximate surface area is 453 Å². The summed E-state index contributed by atoms with van der Waals surface area (Å²) in [6.07, 6.45) is 1.95. The Morgan fingerprint density at radius 2 is 1.38 bits per heavy atom. The van der Waals surface area contributed by atoms with Crippen LogP contribution in [0, 0.1) is 17.8 Å². The summed E-state index contributed by atoms with van der Waals surface area (Å²) in [4.78, 5) is 76.0. The predicted octanol–water partition coefficient (Wildman–Crippen LogP) is 7.56. The van der Waals surface area contributed by atoms with Gasteiger partial charge in [0.25, 0.3) is 11.8 Å². The highest BCUT2D eigenvalue weighted by atomic mass is 16.6. The minimum absolute atomic E-state index is 0.0434. The number of aliphatic hydroxyl groups is 1. The number of benzene rings is 4. The van der Waals surface area contributed by atoms with Gasteiger partial charge in [-0.25, -0.2) is 4.79 Å². The molecule has 5 amide bonds. The van der Waals surface area contributed by atoms with E-state index in [9.17, 15) is 29.1 Å². The van der Waals surface area contributed by atoms with Crippen LogP contribution in [0.5, 0.6) is 11.5 Å². The van der Waals surface area contributed by atoms with Gasteiger partial charge in [-0.2, -0.15) is 0 Å². The summed E-state index contributed by atoms with van der Waals surface area (Å²) >= 11 is 0. The Bertz CT molecular complexity index is 2790. The Kier molecular flexibility index (Phi) is 16.6. The topological polar surface area (TPSA) is 194 Å². The van der Waals surface area contributed by atoms with Crippen LogP contribution in [0.3, 0.4) is 0 Å². The molecular weight excluding hydrogens is 977 g/mol. The van der Waals surface area contributed by atoms with Gasteiger partial charge in [0.05, 0.1) is 54.8 Å². The number of rotatable bonds is 13. The van der Waals surface area contributed by atoms with Crippen LogP contribution in [0.25, 0.3) is 11.1 Å². The molecule has 0 aliphatic carbocycles. The minimum Gasteiger partial charge on any atom is -0.486 e. The van der Waals surface area contributed by atoms with Crippen molar-refractivity contribution in [2.75, 3.05) is 76.6 Å². The Balaban J connectivity index is 0.827. The van der Waals surface area contributed by atoms with Crippen LogP contribution in [-0.2, 0) is 20.9 Å². The maximum absolute atomic E-state index is 14.2. The fourth-order valence-electron chi connectivity index (χ4n) is 11.3. The molecule has 17 nitrogen and oxygen atoms in total. The van der Waals surface area contributed by atoms with Gasteiger partial charge in [-0.3, -0.25) is 29.0 Å². The Morgan fingerprint density at radius 1 is 0.792 bits per heavy atom. The van der Waals surface area contributed by atoms with Gasteiger partial charge in [0.1, 0.15) is 11.7 Å². The van der Waals surface area contributed by atoms with Crippen molar-refractivity contribution < 1.29 is 43.3 Å². The molecule has 77 heavy (non-hydrogen) atoms. The summed E-state index contributed by atoms with van der Waals surface area (Å²) in [5.74, 6) is -0.464. The van der Waals surface area contributed by atoms with E-state index in [-0.39, 0.29) is 79.3 Å². The van der Waals surface area contributed by atoms with E-state index in [2.05, 4.69) is 88.7 Å². The zero-order chi connectivity index (χ0) is 54.8. The summed E-state index contributed by atoms with van der Waals surface area (Å²) in [5, 5.41) is 23.4. The lowest BCUT2D eigenvalue weighted by Crippen LogP contribution is -2.70. The number of likely N-dealkylation sites (tertiary alicyclic amines) is 1. The van der Waals surface area contributed by atoms with Gasteiger partial charge in [0.2, 0.25) is 11.8 Å². The van der Waals surface area contributed by atoms with E-state index >= 15 is 0 Å². The first kappa shape index (κ1) is 55.2. The summed E-state index contributed by atoms with van der Waals surface area (Å²) in [7, 11) is 2.06. The summed E-state index contributed by atoms with van der Waals surface area (Å²) < 4.78 is 19.2. The first-order valence-electron chi connectivity index (χ1n) is 27.5. The normalized spacial score (nSPS) is 22.1. The second-order valence-corrected chi connectivity index (χ2v) is 23.4. The zero-order valence-electron chi connectivity index (χ0n) is 46.0. The van der Waals surface area contributed by atoms with Crippen molar-refractivity contribution in [2.45, 2.75) is 116 Å². The third-order valence-electron chi connectivity index (χ3n) is 15.8. The summed E-state index contributed by atoms with van der Waals surface area (Å²) in [5.41, 5.74) is 4.51. The van der Waals surface area contributed by atoms with E-state index in [1.54, 1.807) is 51.1 Å². The number of fused-ring (bicyclic) bond motifs is 2. The van der Waals surface area contributed by atoms with E-state index in [1.165, 1.54) is 0 Å². The van der Waals surface area contributed by atoms with Crippen molar-refractivity contribution in [3.63, 3.8) is 0 Å². The van der Waals surface area contributed by atoms with Gasteiger partial charge in [-0.05, 0) is 140 Å². The lowest BCUT2D eigenvalue weighted by Gasteiger charge is -2.50. The fraction of sp³-hybridized carbons (Fsp3) is 0.517. The van der Waals surface area contributed by atoms with Crippen molar-refractivity contribution in [3.8, 4) is 22.6 Å². The molecule has 0 saturated carbocycles. The molecule has 5 aliphatic rings. The van der Waals surface area contributed by atoms with Crippen LogP contribution in [0.4, 0.5) is 16.2 Å². The van der Waals surface area contributed by atoms with E-state index in [0.717, 1.165) is 48.2 Å². The van der Waals surface area contributed by atoms with Crippen molar-refractivity contribution in [1.82, 2.24) is 30.2 Å². The lowest BCUT2D eigenvalue weighted by atomic mass is 9.87. The molecule has 0 radical (unpaired) electrons. The van der Waals surface area contributed by atoms with Crippen molar-refractivity contribution in [3.05, 3.63) is 107 Å². The molecule has 9 rings (SSSR count). The first-order chi connectivity index (χ1) is 36.8. The number of ether oxygens (including phenoxy) is 3. The van der Waals surface area contributed by atoms with Crippen LogP contribution in [0.2, 0.25) is 0 Å². The van der Waals surface area contributed by atoms with Gasteiger partial charge in [-0.15, -0.1) is 0 Å². The lowest BCUT2D eigenvalue weighted by molar-refractivity contribution is -0.121. The summed E-state index contributed by atoms with van der Waals surface area (Å²) in [6, 6.07) is 27.0. The molecule has 4 aromatic rings. The maximum atomic E-state index is 14.2. The number of anilines is 2. The van der Waals surface area contributed by atoms with Crippen LogP contribution in [-0.4, -0.2) is 150 Å². The van der Waals surface area contributed by atoms with Crippen molar-refractivity contribution in [1.29, 1.82) is 0 Å². The molecule has 5 N–H and O–H groups in total. The quantitative estimate of drug-likeness (QED) is 0.0884. The fourth-order valence-corrected chi connectivity index (χ4v) is 11.3. The highest BCUT2D eigenvalue weighted by Crippen LogP contribution is 2.42. The number of amides is 5. The van der Waals surface area contributed by atoms with Crippen LogP contribution in [0.15, 0.2) is 84.9 Å². The van der Waals surface area contributed by atoms with Gasteiger partial charge < -0.3 is 50.4 Å². The zero-order valence-corrected chi connectivity index (χ0v) is 46.0. The third-order valence-corrected chi connectivity index (χ3v) is 15.8. The molecule has 5 aliphatic heterocycles.